The summed E-state index contributed by atoms with van der Waals surface area (Å²) in [5.41, 5.74) is 0.610. The average molecular weight is 356 g/mol. The van der Waals surface area contributed by atoms with Crippen molar-refractivity contribution < 1.29 is 18.7 Å². The van der Waals surface area contributed by atoms with E-state index in [1.165, 1.54) is 11.8 Å². The van der Waals surface area contributed by atoms with Gasteiger partial charge in [-0.2, -0.15) is 0 Å². The normalized spacial score (nSPS) is 17.4. The molecule has 1 aliphatic rings. The maximum absolute atomic E-state index is 12.0. The number of rotatable bonds is 5. The molecule has 6 nitrogen and oxygen atoms in total. The molecule has 1 aromatic heterocycles. The Labute approximate surface area is 149 Å². The van der Waals surface area contributed by atoms with Crippen LogP contribution in [0.2, 0.25) is 0 Å². The molecule has 1 N–H and O–H groups in total. The van der Waals surface area contributed by atoms with E-state index in [2.05, 4.69) is 10.3 Å². The molecule has 1 aliphatic heterocycles. The monoisotopic (exact) mass is 356 g/mol. The molecule has 2 heterocycles. The average Bonchev–Trinajstić information content (AvgIpc) is 3.25. The van der Waals surface area contributed by atoms with Crippen LogP contribution in [0.25, 0.3) is 6.08 Å². The lowest BCUT2D eigenvalue weighted by molar-refractivity contribution is -0.115. The van der Waals surface area contributed by atoms with Crippen LogP contribution in [0.3, 0.4) is 0 Å². The molecular formula is C18H16N2O4S. The minimum atomic E-state index is -0.194. The lowest BCUT2D eigenvalue weighted by Gasteiger charge is -2.07. The molecule has 3 rings (SSSR count). The van der Waals surface area contributed by atoms with Gasteiger partial charge in [-0.1, -0.05) is 6.08 Å². The molecule has 0 aliphatic carbocycles. The smallest absolute Gasteiger partial charge is 0.264 e. The van der Waals surface area contributed by atoms with Gasteiger partial charge in [0.05, 0.1) is 25.4 Å². The Hall–Kier alpha value is -2.93. The maximum Gasteiger partial charge on any atom is 0.264 e. The SMILES string of the molecule is COc1ccc(N=C2NC(=O)/C(=C\C=C\c3ccco3)S2)c(OC)c1. The molecule has 0 spiro atoms. The summed E-state index contributed by atoms with van der Waals surface area (Å²) in [7, 11) is 3.14. The fourth-order valence-corrected chi connectivity index (χ4v) is 2.88. The zero-order valence-corrected chi connectivity index (χ0v) is 14.5. The largest absolute Gasteiger partial charge is 0.497 e. The number of nitrogens with one attached hydrogen (secondary N) is 1. The van der Waals surface area contributed by atoms with Crippen LogP contribution in [-0.2, 0) is 4.79 Å². The Bertz CT molecular complexity index is 854. The Morgan fingerprint density at radius 3 is 2.84 bits per heavy atom. The first-order valence-electron chi connectivity index (χ1n) is 7.41. The fraction of sp³-hybridized carbons (Fsp3) is 0.111. The van der Waals surface area contributed by atoms with Crippen molar-refractivity contribution in [1.29, 1.82) is 0 Å². The summed E-state index contributed by atoms with van der Waals surface area (Å²) in [6, 6.07) is 8.93. The number of ether oxygens (including phenoxy) is 2. The molecule has 7 heteroatoms. The molecule has 25 heavy (non-hydrogen) atoms. The van der Waals surface area contributed by atoms with E-state index in [-0.39, 0.29) is 5.91 Å². The van der Waals surface area contributed by atoms with E-state index in [0.29, 0.717) is 27.3 Å². The summed E-state index contributed by atoms with van der Waals surface area (Å²) in [6.45, 7) is 0. The van der Waals surface area contributed by atoms with Crippen molar-refractivity contribution in [3.63, 3.8) is 0 Å². The quantitative estimate of drug-likeness (QED) is 0.826. The fourth-order valence-electron chi connectivity index (χ4n) is 2.10. The number of amidine groups is 1. The van der Waals surface area contributed by atoms with Gasteiger partial charge in [-0.15, -0.1) is 0 Å². The van der Waals surface area contributed by atoms with Crippen LogP contribution in [-0.4, -0.2) is 25.3 Å². The van der Waals surface area contributed by atoms with Gasteiger partial charge in [0.1, 0.15) is 22.9 Å². The summed E-state index contributed by atoms with van der Waals surface area (Å²) < 4.78 is 15.7. The number of carbonyl (C=O) groups excluding carboxylic acids is 1. The van der Waals surface area contributed by atoms with Crippen molar-refractivity contribution in [2.24, 2.45) is 4.99 Å². The molecular weight excluding hydrogens is 340 g/mol. The number of nitrogens with zero attached hydrogens (tertiary/aromatic N) is 1. The molecule has 1 aromatic carbocycles. The van der Waals surface area contributed by atoms with E-state index in [0.717, 1.165) is 5.76 Å². The Kier molecular flexibility index (Phi) is 5.25. The highest BCUT2D eigenvalue weighted by Gasteiger charge is 2.23. The first-order valence-corrected chi connectivity index (χ1v) is 8.23. The second-order valence-corrected chi connectivity index (χ2v) is 5.95. The Morgan fingerprint density at radius 1 is 1.24 bits per heavy atom. The number of methoxy groups -OCH3 is 2. The second kappa shape index (κ2) is 7.76. The van der Waals surface area contributed by atoms with Crippen molar-refractivity contribution in [1.82, 2.24) is 5.32 Å². The molecule has 0 radical (unpaired) electrons. The number of aliphatic imine (C=N–C) groups is 1. The number of hydrogen-bond acceptors (Lipinski definition) is 6. The van der Waals surface area contributed by atoms with Gasteiger partial charge in [-0.25, -0.2) is 4.99 Å². The van der Waals surface area contributed by atoms with Crippen molar-refractivity contribution in [3.05, 3.63) is 59.4 Å². The highest BCUT2D eigenvalue weighted by molar-refractivity contribution is 8.18. The minimum Gasteiger partial charge on any atom is -0.497 e. The van der Waals surface area contributed by atoms with Crippen LogP contribution in [0.1, 0.15) is 5.76 Å². The Morgan fingerprint density at radius 2 is 2.12 bits per heavy atom. The van der Waals surface area contributed by atoms with Crippen LogP contribution < -0.4 is 14.8 Å². The molecule has 0 bridgehead atoms. The highest BCUT2D eigenvalue weighted by Crippen LogP contribution is 2.34. The number of allylic oxidation sites excluding steroid dienone is 2. The van der Waals surface area contributed by atoms with Gasteiger partial charge < -0.3 is 19.2 Å². The maximum atomic E-state index is 12.0. The number of amides is 1. The Balaban J connectivity index is 1.77. The van der Waals surface area contributed by atoms with Crippen LogP contribution in [0.4, 0.5) is 5.69 Å². The topological polar surface area (TPSA) is 73.1 Å². The molecule has 0 saturated carbocycles. The van der Waals surface area contributed by atoms with E-state index in [1.807, 2.05) is 6.07 Å². The van der Waals surface area contributed by atoms with Crippen LogP contribution in [0.15, 0.2) is 63.1 Å². The highest BCUT2D eigenvalue weighted by atomic mass is 32.2. The molecule has 1 amide bonds. The number of hydrogen-bond donors (Lipinski definition) is 1. The first-order chi connectivity index (χ1) is 12.2. The molecule has 0 atom stereocenters. The van der Waals surface area contributed by atoms with Crippen molar-refractivity contribution in [2.75, 3.05) is 14.2 Å². The van der Waals surface area contributed by atoms with Gasteiger partial charge in [0, 0.05) is 6.07 Å². The standard InChI is InChI=1S/C18H16N2O4S/c1-22-13-8-9-14(15(11-13)23-2)19-18-20-17(21)16(25-18)7-3-5-12-6-4-10-24-12/h3-11H,1-2H3,(H,19,20,21)/b5-3+,16-7+. The van der Waals surface area contributed by atoms with E-state index in [1.54, 1.807) is 63.0 Å². The summed E-state index contributed by atoms with van der Waals surface area (Å²) in [6.07, 6.45) is 6.85. The van der Waals surface area contributed by atoms with Gasteiger partial charge >= 0.3 is 0 Å². The van der Waals surface area contributed by atoms with E-state index >= 15 is 0 Å². The summed E-state index contributed by atoms with van der Waals surface area (Å²) in [5.74, 6) is 1.77. The van der Waals surface area contributed by atoms with Crippen molar-refractivity contribution >= 4 is 34.6 Å². The van der Waals surface area contributed by atoms with Crippen molar-refractivity contribution in [3.8, 4) is 11.5 Å². The number of furan rings is 1. The summed E-state index contributed by atoms with van der Waals surface area (Å²) in [4.78, 5) is 17.0. The van der Waals surface area contributed by atoms with Gasteiger partial charge in [-0.3, -0.25) is 4.79 Å². The molecule has 0 unspecified atom stereocenters. The van der Waals surface area contributed by atoms with E-state index < -0.39 is 0 Å². The zero-order chi connectivity index (χ0) is 17.6. The molecule has 2 aromatic rings. The third-order valence-electron chi connectivity index (χ3n) is 3.31. The third kappa shape index (κ3) is 4.13. The van der Waals surface area contributed by atoms with E-state index in [4.69, 9.17) is 13.9 Å². The molecule has 1 fully saturated rings. The van der Waals surface area contributed by atoms with E-state index in [9.17, 15) is 4.79 Å². The second-order valence-electron chi connectivity index (χ2n) is 4.92. The number of benzene rings is 1. The number of carbonyl (C=O) groups is 1. The number of thioether (sulfide) groups is 1. The lowest BCUT2D eigenvalue weighted by atomic mass is 10.3. The molecule has 128 valence electrons. The van der Waals surface area contributed by atoms with Crippen LogP contribution in [0.5, 0.6) is 11.5 Å². The first kappa shape index (κ1) is 16.9. The third-order valence-corrected chi connectivity index (χ3v) is 4.24. The van der Waals surface area contributed by atoms with Gasteiger partial charge in [0.25, 0.3) is 5.91 Å². The van der Waals surface area contributed by atoms with Crippen LogP contribution >= 0.6 is 11.8 Å². The minimum absolute atomic E-state index is 0.194. The zero-order valence-electron chi connectivity index (χ0n) is 13.7. The van der Waals surface area contributed by atoms with Gasteiger partial charge in [-0.05, 0) is 48.2 Å². The summed E-state index contributed by atoms with van der Waals surface area (Å²) in [5, 5.41) is 3.23. The van der Waals surface area contributed by atoms with Crippen LogP contribution in [0, 0.1) is 0 Å². The van der Waals surface area contributed by atoms with Gasteiger partial charge in [0.2, 0.25) is 0 Å². The predicted molar refractivity (Wildman–Crippen MR) is 98.2 cm³/mol. The van der Waals surface area contributed by atoms with Crippen molar-refractivity contribution in [2.45, 2.75) is 0 Å². The lowest BCUT2D eigenvalue weighted by Crippen LogP contribution is -2.19. The summed E-state index contributed by atoms with van der Waals surface area (Å²) >= 11 is 1.26. The predicted octanol–water partition coefficient (Wildman–Crippen LogP) is 3.74. The van der Waals surface area contributed by atoms with Gasteiger partial charge in [0.15, 0.2) is 5.17 Å². The molecule has 1 saturated heterocycles.